The van der Waals surface area contributed by atoms with Gasteiger partial charge in [0.05, 0.1) is 13.2 Å². The average Bonchev–Trinajstić information content (AvgIpc) is 2.49. The maximum absolute atomic E-state index is 13.0. The summed E-state index contributed by atoms with van der Waals surface area (Å²) in [7, 11) is 0. The van der Waals surface area contributed by atoms with E-state index in [2.05, 4.69) is 18.7 Å². The Kier molecular flexibility index (Phi) is 5.13. The van der Waals surface area contributed by atoms with Crippen LogP contribution in [-0.4, -0.2) is 42.8 Å². The summed E-state index contributed by atoms with van der Waals surface area (Å²) in [5, 5.41) is 0. The number of halogens is 1. The van der Waals surface area contributed by atoms with Gasteiger partial charge in [0.15, 0.2) is 0 Å². The van der Waals surface area contributed by atoms with Crippen LogP contribution in [0.5, 0.6) is 0 Å². The van der Waals surface area contributed by atoms with Crippen LogP contribution in [0.3, 0.4) is 0 Å². The van der Waals surface area contributed by atoms with Crippen molar-refractivity contribution in [3.8, 4) is 0 Å². The Balaban J connectivity index is 2.07. The third-order valence-corrected chi connectivity index (χ3v) is 4.62. The maximum atomic E-state index is 13.0. The number of hydrogen-bond acceptors (Lipinski definition) is 3. The zero-order valence-electron chi connectivity index (χ0n) is 12.4. The summed E-state index contributed by atoms with van der Waals surface area (Å²) < 4.78 is 18.4. The van der Waals surface area contributed by atoms with E-state index in [1.165, 1.54) is 12.1 Å². The first-order valence-electron chi connectivity index (χ1n) is 7.39. The van der Waals surface area contributed by atoms with Crippen LogP contribution in [0.1, 0.15) is 25.8 Å². The molecule has 3 nitrogen and oxygen atoms in total. The summed E-state index contributed by atoms with van der Waals surface area (Å²) in [6.45, 7) is 7.83. The summed E-state index contributed by atoms with van der Waals surface area (Å²) in [5.74, 6) is -0.200. The molecule has 1 heterocycles. The first kappa shape index (κ1) is 15.4. The molecule has 1 aromatic rings. The molecule has 0 spiro atoms. The van der Waals surface area contributed by atoms with Crippen LogP contribution in [0.2, 0.25) is 0 Å². The molecular weight excluding hydrogens is 255 g/mol. The second-order valence-electron chi connectivity index (χ2n) is 5.75. The number of benzene rings is 1. The lowest BCUT2D eigenvalue weighted by molar-refractivity contribution is -0.0272. The van der Waals surface area contributed by atoms with Crippen molar-refractivity contribution in [1.82, 2.24) is 4.90 Å². The third-order valence-electron chi connectivity index (χ3n) is 4.62. The highest BCUT2D eigenvalue weighted by atomic mass is 19.1. The highest BCUT2D eigenvalue weighted by Crippen LogP contribution is 2.26. The summed E-state index contributed by atoms with van der Waals surface area (Å²) in [4.78, 5) is 2.44. The number of ether oxygens (including phenoxy) is 1. The molecule has 1 saturated heterocycles. The van der Waals surface area contributed by atoms with Crippen molar-refractivity contribution < 1.29 is 9.13 Å². The van der Waals surface area contributed by atoms with Crippen LogP contribution in [0, 0.1) is 5.82 Å². The third kappa shape index (κ3) is 3.37. The smallest absolute Gasteiger partial charge is 0.123 e. The molecule has 20 heavy (non-hydrogen) atoms. The predicted molar refractivity (Wildman–Crippen MR) is 79.2 cm³/mol. The van der Waals surface area contributed by atoms with E-state index in [-0.39, 0.29) is 17.4 Å². The lowest BCUT2D eigenvalue weighted by atomic mass is 9.84. The second-order valence-corrected chi connectivity index (χ2v) is 5.75. The molecule has 1 aliphatic heterocycles. The zero-order valence-corrected chi connectivity index (χ0v) is 12.4. The highest BCUT2D eigenvalue weighted by molar-refractivity contribution is 5.18. The van der Waals surface area contributed by atoms with Crippen molar-refractivity contribution >= 4 is 0 Å². The molecule has 112 valence electrons. The Morgan fingerprint density at radius 1 is 1.30 bits per heavy atom. The van der Waals surface area contributed by atoms with E-state index < -0.39 is 0 Å². The Morgan fingerprint density at radius 2 is 1.90 bits per heavy atom. The van der Waals surface area contributed by atoms with Gasteiger partial charge in [0.1, 0.15) is 5.82 Å². The molecule has 0 amide bonds. The largest absolute Gasteiger partial charge is 0.379 e. The van der Waals surface area contributed by atoms with Crippen LogP contribution >= 0.6 is 0 Å². The highest BCUT2D eigenvalue weighted by Gasteiger charge is 2.36. The quantitative estimate of drug-likeness (QED) is 0.898. The average molecular weight is 280 g/mol. The second kappa shape index (κ2) is 6.66. The van der Waals surface area contributed by atoms with Gasteiger partial charge in [0.2, 0.25) is 0 Å². The van der Waals surface area contributed by atoms with E-state index in [4.69, 9.17) is 10.5 Å². The molecule has 0 aliphatic carbocycles. The summed E-state index contributed by atoms with van der Waals surface area (Å²) in [6.07, 6.45) is 1.76. The molecule has 0 radical (unpaired) electrons. The molecular formula is C16H25FN2O. The Bertz CT molecular complexity index is 417. The van der Waals surface area contributed by atoms with Gasteiger partial charge in [-0.3, -0.25) is 4.90 Å². The van der Waals surface area contributed by atoms with Crippen LogP contribution in [0.4, 0.5) is 4.39 Å². The minimum Gasteiger partial charge on any atom is -0.379 e. The van der Waals surface area contributed by atoms with E-state index in [0.717, 1.165) is 44.7 Å². The van der Waals surface area contributed by atoms with E-state index in [1.807, 2.05) is 12.1 Å². The molecule has 0 aromatic heterocycles. The minimum atomic E-state index is -0.200. The fraction of sp³-hybridized carbons (Fsp3) is 0.625. The summed E-state index contributed by atoms with van der Waals surface area (Å²) >= 11 is 0. The number of nitrogens with zero attached hydrogens (tertiary/aromatic N) is 1. The summed E-state index contributed by atoms with van der Waals surface area (Å²) in [6, 6.07) is 6.67. The van der Waals surface area contributed by atoms with E-state index in [0.29, 0.717) is 0 Å². The van der Waals surface area contributed by atoms with Gasteiger partial charge >= 0.3 is 0 Å². The van der Waals surface area contributed by atoms with Gasteiger partial charge in [-0.15, -0.1) is 0 Å². The van der Waals surface area contributed by atoms with Gasteiger partial charge in [-0.1, -0.05) is 19.1 Å². The van der Waals surface area contributed by atoms with Gasteiger partial charge in [0, 0.05) is 24.7 Å². The Labute approximate surface area is 120 Å². The van der Waals surface area contributed by atoms with Crippen LogP contribution in [0.15, 0.2) is 24.3 Å². The number of morpholine rings is 1. The van der Waals surface area contributed by atoms with Crippen LogP contribution < -0.4 is 5.73 Å². The lowest BCUT2D eigenvalue weighted by Gasteiger charge is -2.46. The van der Waals surface area contributed by atoms with Crippen LogP contribution in [0.25, 0.3) is 0 Å². The normalized spacial score (nSPS) is 21.4. The molecule has 2 rings (SSSR count). The van der Waals surface area contributed by atoms with E-state index >= 15 is 0 Å². The first-order valence-corrected chi connectivity index (χ1v) is 7.39. The van der Waals surface area contributed by atoms with Gasteiger partial charge in [-0.25, -0.2) is 4.39 Å². The van der Waals surface area contributed by atoms with E-state index in [9.17, 15) is 4.39 Å². The predicted octanol–water partition coefficient (Wildman–Crippen LogP) is 2.20. The number of nitrogens with two attached hydrogens (primary N) is 1. The SMILES string of the molecule is CCC(C)(C(N)Cc1ccc(F)cc1)N1CCOCC1. The fourth-order valence-corrected chi connectivity index (χ4v) is 2.89. The summed E-state index contributed by atoms with van der Waals surface area (Å²) in [5.41, 5.74) is 7.53. The fourth-order valence-electron chi connectivity index (χ4n) is 2.89. The first-order chi connectivity index (χ1) is 9.56. The zero-order chi connectivity index (χ0) is 14.6. The molecule has 1 aromatic carbocycles. The molecule has 2 atom stereocenters. The molecule has 2 N–H and O–H groups in total. The van der Waals surface area contributed by atoms with Crippen molar-refractivity contribution in [2.45, 2.75) is 38.3 Å². The molecule has 1 fully saturated rings. The van der Waals surface area contributed by atoms with Crippen molar-refractivity contribution in [3.63, 3.8) is 0 Å². The minimum absolute atomic E-state index is 0.0241. The lowest BCUT2D eigenvalue weighted by Crippen LogP contribution is -2.61. The molecule has 2 unspecified atom stereocenters. The molecule has 0 bridgehead atoms. The van der Waals surface area contributed by atoms with Crippen molar-refractivity contribution in [1.29, 1.82) is 0 Å². The van der Waals surface area contributed by atoms with Crippen molar-refractivity contribution in [2.24, 2.45) is 5.73 Å². The van der Waals surface area contributed by atoms with Crippen molar-refractivity contribution in [3.05, 3.63) is 35.6 Å². The van der Waals surface area contributed by atoms with Crippen molar-refractivity contribution in [2.75, 3.05) is 26.3 Å². The monoisotopic (exact) mass is 280 g/mol. The van der Waals surface area contributed by atoms with Crippen LogP contribution in [-0.2, 0) is 11.2 Å². The van der Waals surface area contributed by atoms with Gasteiger partial charge in [-0.05, 0) is 37.5 Å². The maximum Gasteiger partial charge on any atom is 0.123 e. The van der Waals surface area contributed by atoms with E-state index in [1.54, 1.807) is 0 Å². The topological polar surface area (TPSA) is 38.5 Å². The molecule has 4 heteroatoms. The number of hydrogen-bond donors (Lipinski definition) is 1. The van der Waals surface area contributed by atoms with Gasteiger partial charge < -0.3 is 10.5 Å². The number of rotatable bonds is 5. The standard InChI is InChI=1S/C16H25FN2O/c1-3-16(2,19-8-10-20-11-9-19)15(18)12-13-4-6-14(17)7-5-13/h4-7,15H,3,8-12,18H2,1-2H3. The Morgan fingerprint density at radius 3 is 2.45 bits per heavy atom. The van der Waals surface area contributed by atoms with Gasteiger partial charge in [-0.2, -0.15) is 0 Å². The van der Waals surface area contributed by atoms with Gasteiger partial charge in [0.25, 0.3) is 0 Å². The molecule has 0 saturated carbocycles. The Hall–Kier alpha value is -0.970. The molecule has 1 aliphatic rings.